The molecule has 0 unspecified atom stereocenters. The number of carbonyl (C=O) groups excluding carboxylic acids is 2. The molecule has 0 N–H and O–H groups in total. The van der Waals surface area contributed by atoms with Gasteiger partial charge in [0, 0.05) is 5.69 Å². The highest BCUT2D eigenvalue weighted by Gasteiger charge is 2.28. The maximum atomic E-state index is 11.9. The Labute approximate surface area is 141 Å². The fraction of sp³-hybridized carbons (Fsp3) is 0.500. The number of nitrogens with zero attached hydrogens (tertiary/aromatic N) is 2. The first-order chi connectivity index (χ1) is 11.7. The molecule has 2 rings (SSSR count). The quantitative estimate of drug-likeness (QED) is 0.401. The minimum absolute atomic E-state index is 0.261. The van der Waals surface area contributed by atoms with Gasteiger partial charge in [-0.15, -0.1) is 0 Å². The van der Waals surface area contributed by atoms with Crippen molar-refractivity contribution < 1.29 is 19.1 Å². The van der Waals surface area contributed by atoms with Crippen molar-refractivity contribution in [3.8, 4) is 0 Å². The van der Waals surface area contributed by atoms with Gasteiger partial charge in [-0.25, -0.2) is 4.98 Å². The summed E-state index contributed by atoms with van der Waals surface area (Å²) in [5, 5.41) is 0. The van der Waals surface area contributed by atoms with E-state index in [0.717, 1.165) is 30.5 Å². The zero-order chi connectivity index (χ0) is 17.4. The van der Waals surface area contributed by atoms with Crippen LogP contribution in [0, 0.1) is 5.92 Å². The third-order valence-electron chi connectivity index (χ3n) is 3.85. The van der Waals surface area contributed by atoms with E-state index in [1.165, 1.54) is 0 Å². The first-order valence-corrected chi connectivity index (χ1v) is 8.40. The van der Waals surface area contributed by atoms with Gasteiger partial charge < -0.3 is 13.9 Å². The van der Waals surface area contributed by atoms with Crippen molar-refractivity contribution in [2.45, 2.75) is 39.5 Å². The molecule has 6 heteroatoms. The van der Waals surface area contributed by atoms with Crippen molar-refractivity contribution in [1.29, 1.82) is 0 Å². The van der Waals surface area contributed by atoms with Crippen molar-refractivity contribution in [3.63, 3.8) is 0 Å². The van der Waals surface area contributed by atoms with Crippen LogP contribution in [0.4, 0.5) is 0 Å². The molecule has 0 aromatic carbocycles. The van der Waals surface area contributed by atoms with Crippen LogP contribution in [-0.4, -0.2) is 34.5 Å². The van der Waals surface area contributed by atoms with Gasteiger partial charge in [0.1, 0.15) is 0 Å². The molecule has 0 saturated carbocycles. The number of rotatable bonds is 9. The Hall–Kier alpha value is -2.37. The Morgan fingerprint density at radius 2 is 1.83 bits per heavy atom. The number of hydrogen-bond donors (Lipinski definition) is 0. The number of fused-ring (bicyclic) bond motifs is 1. The Morgan fingerprint density at radius 1 is 1.12 bits per heavy atom. The standard InChI is InChI=1S/C18H24N2O4/c1-3-23-17(21)16(18(22)24-4-2)11-6-5-8-14-9-7-10-15-12-19-13-20(14)15/h7,9-10,12-13,16H,3-6,8,11H2,1-2H3. The molecular formula is C18H24N2O4. The number of ether oxygens (including phenoxy) is 2. The monoisotopic (exact) mass is 332 g/mol. The van der Waals surface area contributed by atoms with Crippen LogP contribution >= 0.6 is 0 Å². The van der Waals surface area contributed by atoms with Gasteiger partial charge in [-0.1, -0.05) is 12.5 Å². The van der Waals surface area contributed by atoms with Crippen molar-refractivity contribution in [2.75, 3.05) is 13.2 Å². The molecule has 130 valence electrons. The molecule has 0 saturated heterocycles. The first-order valence-electron chi connectivity index (χ1n) is 8.40. The van der Waals surface area contributed by atoms with Crippen molar-refractivity contribution in [3.05, 3.63) is 36.4 Å². The number of carbonyl (C=O) groups is 2. The van der Waals surface area contributed by atoms with Crippen LogP contribution < -0.4 is 0 Å². The van der Waals surface area contributed by atoms with Gasteiger partial charge in [-0.2, -0.15) is 0 Å². The van der Waals surface area contributed by atoms with Crippen LogP contribution in [0.15, 0.2) is 30.7 Å². The maximum Gasteiger partial charge on any atom is 0.320 e. The van der Waals surface area contributed by atoms with Crippen molar-refractivity contribution >= 4 is 17.5 Å². The molecule has 2 heterocycles. The molecule has 0 aliphatic carbocycles. The Bertz CT molecular complexity index is 662. The second-order valence-corrected chi connectivity index (χ2v) is 5.51. The summed E-state index contributed by atoms with van der Waals surface area (Å²) in [6, 6.07) is 6.07. The molecule has 2 aromatic rings. The van der Waals surface area contributed by atoms with Gasteiger partial charge in [0.05, 0.1) is 31.3 Å². The van der Waals surface area contributed by atoms with Crippen molar-refractivity contribution in [2.24, 2.45) is 5.92 Å². The maximum absolute atomic E-state index is 11.9. The lowest BCUT2D eigenvalue weighted by Gasteiger charge is -2.14. The van der Waals surface area contributed by atoms with Crippen LogP contribution in [-0.2, 0) is 25.5 Å². The van der Waals surface area contributed by atoms with E-state index in [9.17, 15) is 9.59 Å². The van der Waals surface area contributed by atoms with E-state index in [2.05, 4.69) is 11.1 Å². The summed E-state index contributed by atoms with van der Waals surface area (Å²) < 4.78 is 12.0. The van der Waals surface area contributed by atoms with Crippen LogP contribution in [0.1, 0.15) is 38.8 Å². The molecule has 24 heavy (non-hydrogen) atoms. The van der Waals surface area contributed by atoms with Gasteiger partial charge in [0.25, 0.3) is 0 Å². The zero-order valence-corrected chi connectivity index (χ0v) is 14.2. The minimum Gasteiger partial charge on any atom is -0.465 e. The molecule has 0 bridgehead atoms. The van der Waals surface area contributed by atoms with E-state index in [0.29, 0.717) is 6.42 Å². The number of unbranched alkanes of at least 4 members (excludes halogenated alkanes) is 1. The number of aryl methyl sites for hydroxylation is 1. The van der Waals surface area contributed by atoms with E-state index >= 15 is 0 Å². The number of pyridine rings is 1. The second kappa shape index (κ2) is 9.05. The Balaban J connectivity index is 1.89. The molecule has 0 amide bonds. The van der Waals surface area contributed by atoms with Gasteiger partial charge >= 0.3 is 11.9 Å². The fourth-order valence-electron chi connectivity index (χ4n) is 2.68. The summed E-state index contributed by atoms with van der Waals surface area (Å²) in [4.78, 5) is 28.0. The van der Waals surface area contributed by atoms with E-state index < -0.39 is 17.9 Å². The predicted octanol–water partition coefficient (Wildman–Crippen LogP) is 2.79. The zero-order valence-electron chi connectivity index (χ0n) is 14.2. The molecule has 2 aromatic heterocycles. The summed E-state index contributed by atoms with van der Waals surface area (Å²) >= 11 is 0. The van der Waals surface area contributed by atoms with Gasteiger partial charge in [0.2, 0.25) is 0 Å². The van der Waals surface area contributed by atoms with E-state index in [1.807, 2.05) is 22.7 Å². The first kappa shape index (κ1) is 18.0. The lowest BCUT2D eigenvalue weighted by Crippen LogP contribution is -2.28. The molecule has 6 nitrogen and oxygen atoms in total. The average Bonchev–Trinajstić information content (AvgIpc) is 3.04. The molecule has 0 spiro atoms. The normalized spacial score (nSPS) is 11.0. The summed E-state index contributed by atoms with van der Waals surface area (Å²) in [6.07, 6.45) is 6.52. The highest BCUT2D eigenvalue weighted by molar-refractivity contribution is 5.94. The van der Waals surface area contributed by atoms with Gasteiger partial charge in [-0.05, 0) is 45.2 Å². The fourth-order valence-corrected chi connectivity index (χ4v) is 2.68. The molecule has 0 aliphatic heterocycles. The van der Waals surface area contributed by atoms with E-state index in [1.54, 1.807) is 20.2 Å². The molecule has 0 fully saturated rings. The van der Waals surface area contributed by atoms with Crippen LogP contribution in [0.2, 0.25) is 0 Å². The van der Waals surface area contributed by atoms with Crippen LogP contribution in [0.25, 0.3) is 5.52 Å². The summed E-state index contributed by atoms with van der Waals surface area (Å²) in [7, 11) is 0. The third-order valence-corrected chi connectivity index (χ3v) is 3.85. The SMILES string of the molecule is CCOC(=O)C(CCCCc1cccc2cncn12)C(=O)OCC. The van der Waals surface area contributed by atoms with E-state index in [-0.39, 0.29) is 13.2 Å². The number of hydrogen-bond acceptors (Lipinski definition) is 5. The number of imidazole rings is 1. The molecule has 0 atom stereocenters. The summed E-state index contributed by atoms with van der Waals surface area (Å²) in [5.74, 6) is -1.81. The summed E-state index contributed by atoms with van der Waals surface area (Å²) in [6.45, 7) is 3.98. The molecular weight excluding hydrogens is 308 g/mol. The lowest BCUT2D eigenvalue weighted by molar-refractivity contribution is -0.161. The molecule has 0 aliphatic rings. The highest BCUT2D eigenvalue weighted by atomic mass is 16.6. The Kier molecular flexibility index (Phi) is 6.78. The topological polar surface area (TPSA) is 69.9 Å². The van der Waals surface area contributed by atoms with Gasteiger partial charge in [-0.3, -0.25) is 9.59 Å². The van der Waals surface area contributed by atoms with Crippen LogP contribution in [0.3, 0.4) is 0 Å². The second-order valence-electron chi connectivity index (χ2n) is 5.51. The average molecular weight is 332 g/mol. The largest absolute Gasteiger partial charge is 0.465 e. The summed E-state index contributed by atoms with van der Waals surface area (Å²) in [5.41, 5.74) is 2.22. The third kappa shape index (κ3) is 4.57. The smallest absolute Gasteiger partial charge is 0.320 e. The predicted molar refractivity (Wildman–Crippen MR) is 89.5 cm³/mol. The lowest BCUT2D eigenvalue weighted by atomic mass is 10.0. The number of aromatic nitrogens is 2. The number of esters is 2. The minimum atomic E-state index is -0.825. The van der Waals surface area contributed by atoms with Crippen LogP contribution in [0.5, 0.6) is 0 Å². The Morgan fingerprint density at radius 3 is 2.50 bits per heavy atom. The van der Waals surface area contributed by atoms with Crippen molar-refractivity contribution in [1.82, 2.24) is 9.38 Å². The van der Waals surface area contributed by atoms with E-state index in [4.69, 9.17) is 9.47 Å². The molecule has 0 radical (unpaired) electrons. The highest BCUT2D eigenvalue weighted by Crippen LogP contribution is 2.16. The van der Waals surface area contributed by atoms with Gasteiger partial charge in [0.15, 0.2) is 5.92 Å².